The zero-order valence-corrected chi connectivity index (χ0v) is 13.6. The summed E-state index contributed by atoms with van der Waals surface area (Å²) < 4.78 is 24.6. The summed E-state index contributed by atoms with van der Waals surface area (Å²) in [6.45, 7) is 3.95. The smallest absolute Gasteiger partial charge is 0.352 e. The van der Waals surface area contributed by atoms with Gasteiger partial charge in [-0.3, -0.25) is 19.2 Å². The molecule has 24 heavy (non-hydrogen) atoms. The third-order valence-electron chi connectivity index (χ3n) is 2.84. The van der Waals surface area contributed by atoms with Crippen molar-refractivity contribution in [1.29, 1.82) is 0 Å². The lowest BCUT2D eigenvalue weighted by Gasteiger charge is -2.26. The van der Waals surface area contributed by atoms with Crippen LogP contribution in [0.3, 0.4) is 0 Å². The van der Waals surface area contributed by atoms with Crippen molar-refractivity contribution in [3.05, 3.63) is 0 Å². The van der Waals surface area contributed by atoms with Crippen molar-refractivity contribution in [2.45, 2.75) is 52.1 Å². The largest absolute Gasteiger partial charge is 0.462 e. The molecule has 10 heteroatoms. The molecular formula is C14H18O10. The summed E-state index contributed by atoms with van der Waals surface area (Å²) in [6.07, 6.45) is -5.39. The Hall–Kier alpha value is -2.65. The molecule has 0 radical (unpaired) electrons. The predicted octanol–water partition coefficient (Wildman–Crippen LogP) is -0.730. The Labute approximate surface area is 137 Å². The monoisotopic (exact) mass is 346 g/mol. The SMILES string of the molecule is CC(=O)OC[C@H](OC(C)=O)[C@@H]1OC(=O)[C@H](OC(C)=O)[C@H]1OC(C)=O. The molecule has 1 heterocycles. The van der Waals surface area contributed by atoms with Gasteiger partial charge in [0, 0.05) is 27.7 Å². The molecular weight excluding hydrogens is 328 g/mol. The highest BCUT2D eigenvalue weighted by Gasteiger charge is 2.54. The second kappa shape index (κ2) is 8.27. The summed E-state index contributed by atoms with van der Waals surface area (Å²) in [7, 11) is 0. The van der Waals surface area contributed by atoms with Crippen LogP contribution in [0.2, 0.25) is 0 Å². The van der Waals surface area contributed by atoms with Crippen LogP contribution < -0.4 is 0 Å². The summed E-state index contributed by atoms with van der Waals surface area (Å²) in [5.74, 6) is -3.92. The van der Waals surface area contributed by atoms with E-state index in [9.17, 15) is 24.0 Å². The number of hydrogen-bond acceptors (Lipinski definition) is 10. The second-order valence-electron chi connectivity index (χ2n) is 4.96. The fraction of sp³-hybridized carbons (Fsp3) is 0.643. The van der Waals surface area contributed by atoms with Crippen molar-refractivity contribution >= 4 is 29.8 Å². The highest BCUT2D eigenvalue weighted by molar-refractivity contribution is 5.82. The van der Waals surface area contributed by atoms with Gasteiger partial charge in [-0.2, -0.15) is 0 Å². The number of carbonyl (C=O) groups is 5. The Morgan fingerprint density at radius 3 is 2.00 bits per heavy atom. The lowest BCUT2D eigenvalue weighted by Crippen LogP contribution is -2.46. The van der Waals surface area contributed by atoms with Crippen molar-refractivity contribution in [1.82, 2.24) is 0 Å². The van der Waals surface area contributed by atoms with Gasteiger partial charge in [0.1, 0.15) is 6.61 Å². The first kappa shape index (κ1) is 19.4. The molecule has 0 spiro atoms. The second-order valence-corrected chi connectivity index (χ2v) is 4.96. The Morgan fingerprint density at radius 1 is 0.958 bits per heavy atom. The molecule has 0 N–H and O–H groups in total. The summed E-state index contributed by atoms with van der Waals surface area (Å²) in [5.41, 5.74) is 0. The van der Waals surface area contributed by atoms with E-state index in [1.807, 2.05) is 0 Å². The number of cyclic esters (lactones) is 1. The maximum atomic E-state index is 11.9. The van der Waals surface area contributed by atoms with E-state index in [4.69, 9.17) is 23.7 Å². The van der Waals surface area contributed by atoms with Crippen LogP contribution in [0.4, 0.5) is 0 Å². The maximum absolute atomic E-state index is 11.9. The Kier molecular flexibility index (Phi) is 6.69. The van der Waals surface area contributed by atoms with Crippen LogP contribution in [-0.2, 0) is 47.7 Å². The molecule has 1 saturated heterocycles. The van der Waals surface area contributed by atoms with Crippen LogP contribution in [-0.4, -0.2) is 60.9 Å². The number of hydrogen-bond donors (Lipinski definition) is 0. The molecule has 1 rings (SSSR count). The van der Waals surface area contributed by atoms with Gasteiger partial charge in [0.05, 0.1) is 0 Å². The fourth-order valence-electron chi connectivity index (χ4n) is 2.09. The average molecular weight is 346 g/mol. The molecule has 0 aromatic heterocycles. The van der Waals surface area contributed by atoms with E-state index in [1.165, 1.54) is 0 Å². The van der Waals surface area contributed by atoms with Gasteiger partial charge in [0.2, 0.25) is 6.10 Å². The Morgan fingerprint density at radius 2 is 1.54 bits per heavy atom. The van der Waals surface area contributed by atoms with Crippen LogP contribution >= 0.6 is 0 Å². The van der Waals surface area contributed by atoms with E-state index < -0.39 is 60.9 Å². The standard InChI is InChI=1S/C14H18O10/c1-6(15)20-5-10(21-7(2)16)11-12(22-8(3)17)13(14(19)24-11)23-9(4)18/h10-13H,5H2,1-4H3/t10-,11-,12-,13+/m0/s1. The van der Waals surface area contributed by atoms with Crippen LogP contribution in [0.15, 0.2) is 0 Å². The van der Waals surface area contributed by atoms with Gasteiger partial charge in [-0.1, -0.05) is 0 Å². The lowest BCUT2D eigenvalue weighted by atomic mass is 10.1. The molecule has 1 aliphatic heterocycles. The van der Waals surface area contributed by atoms with Gasteiger partial charge in [-0.25, -0.2) is 4.79 Å². The molecule has 0 bridgehead atoms. The molecule has 0 aromatic rings. The normalized spacial score (nSPS) is 23.7. The van der Waals surface area contributed by atoms with E-state index in [2.05, 4.69) is 0 Å². The first-order valence-electron chi connectivity index (χ1n) is 6.97. The highest BCUT2D eigenvalue weighted by Crippen LogP contribution is 2.27. The zero-order chi connectivity index (χ0) is 18.4. The third-order valence-corrected chi connectivity index (χ3v) is 2.84. The van der Waals surface area contributed by atoms with E-state index in [0.29, 0.717) is 0 Å². The van der Waals surface area contributed by atoms with Gasteiger partial charge in [0.15, 0.2) is 18.3 Å². The molecule has 0 saturated carbocycles. The molecule has 0 amide bonds. The summed E-state index contributed by atoms with van der Waals surface area (Å²) >= 11 is 0. The van der Waals surface area contributed by atoms with E-state index in [1.54, 1.807) is 0 Å². The maximum Gasteiger partial charge on any atom is 0.352 e. The zero-order valence-electron chi connectivity index (χ0n) is 13.6. The highest BCUT2D eigenvalue weighted by atomic mass is 16.7. The minimum Gasteiger partial charge on any atom is -0.462 e. The summed E-state index contributed by atoms with van der Waals surface area (Å²) in [5, 5.41) is 0. The van der Waals surface area contributed by atoms with Gasteiger partial charge in [0.25, 0.3) is 0 Å². The van der Waals surface area contributed by atoms with E-state index >= 15 is 0 Å². The van der Waals surface area contributed by atoms with Crippen molar-refractivity contribution < 1.29 is 47.7 Å². The number of ether oxygens (including phenoxy) is 5. The lowest BCUT2D eigenvalue weighted by molar-refractivity contribution is -0.177. The van der Waals surface area contributed by atoms with Crippen molar-refractivity contribution in [3.8, 4) is 0 Å². The van der Waals surface area contributed by atoms with Gasteiger partial charge in [-0.15, -0.1) is 0 Å². The molecule has 4 atom stereocenters. The first-order valence-corrected chi connectivity index (χ1v) is 6.97. The van der Waals surface area contributed by atoms with Crippen molar-refractivity contribution in [3.63, 3.8) is 0 Å². The van der Waals surface area contributed by atoms with Crippen LogP contribution in [0.1, 0.15) is 27.7 Å². The topological polar surface area (TPSA) is 132 Å². The Bertz CT molecular complexity index is 540. The minimum atomic E-state index is -1.51. The summed E-state index contributed by atoms with van der Waals surface area (Å²) in [6, 6.07) is 0. The van der Waals surface area contributed by atoms with Crippen LogP contribution in [0, 0.1) is 0 Å². The summed E-state index contributed by atoms with van der Waals surface area (Å²) in [4.78, 5) is 56.5. The quantitative estimate of drug-likeness (QED) is 0.448. The molecule has 0 aromatic carbocycles. The van der Waals surface area contributed by atoms with Gasteiger partial charge < -0.3 is 23.7 Å². The third kappa shape index (κ3) is 5.52. The minimum absolute atomic E-state index is 0.433. The molecule has 1 aliphatic rings. The average Bonchev–Trinajstić information content (AvgIpc) is 2.70. The molecule has 0 aliphatic carbocycles. The Balaban J connectivity index is 3.05. The van der Waals surface area contributed by atoms with Crippen LogP contribution in [0.25, 0.3) is 0 Å². The number of carbonyl (C=O) groups excluding carboxylic acids is 5. The first-order chi connectivity index (χ1) is 11.1. The molecule has 10 nitrogen and oxygen atoms in total. The fourth-order valence-corrected chi connectivity index (χ4v) is 2.09. The number of rotatable bonds is 6. The van der Waals surface area contributed by atoms with E-state index in [-0.39, 0.29) is 0 Å². The number of esters is 5. The van der Waals surface area contributed by atoms with E-state index in [0.717, 1.165) is 27.7 Å². The van der Waals surface area contributed by atoms with Crippen LogP contribution in [0.5, 0.6) is 0 Å². The van der Waals surface area contributed by atoms with Gasteiger partial charge in [-0.05, 0) is 0 Å². The van der Waals surface area contributed by atoms with Crippen molar-refractivity contribution in [2.75, 3.05) is 6.61 Å². The van der Waals surface area contributed by atoms with Crippen molar-refractivity contribution in [2.24, 2.45) is 0 Å². The predicted molar refractivity (Wildman–Crippen MR) is 73.2 cm³/mol. The molecule has 1 fully saturated rings. The van der Waals surface area contributed by atoms with Gasteiger partial charge >= 0.3 is 29.8 Å². The molecule has 134 valence electrons. The molecule has 0 unspecified atom stereocenters.